The highest BCUT2D eigenvalue weighted by molar-refractivity contribution is 6.17. The lowest BCUT2D eigenvalue weighted by Gasteiger charge is -2.26. The Kier molecular flexibility index (Phi) is 4.63. The van der Waals surface area contributed by atoms with E-state index in [1.807, 2.05) is 61.8 Å². The van der Waals surface area contributed by atoms with E-state index in [1.165, 1.54) is 0 Å². The van der Waals surface area contributed by atoms with Crippen LogP contribution in [-0.2, 0) is 11.8 Å². The smallest absolute Gasteiger partial charge is 0.254 e. The summed E-state index contributed by atoms with van der Waals surface area (Å²) in [5, 5.41) is 7.36. The van der Waals surface area contributed by atoms with E-state index in [0.29, 0.717) is 42.9 Å². The van der Waals surface area contributed by atoms with Crippen LogP contribution in [0, 0.1) is 0 Å². The number of benzene rings is 3. The molecule has 6 rings (SSSR count). The Morgan fingerprint density at radius 2 is 1.82 bits per heavy atom. The van der Waals surface area contributed by atoms with Crippen LogP contribution in [0.2, 0.25) is 0 Å². The van der Waals surface area contributed by atoms with Crippen LogP contribution in [0.4, 0.5) is 0 Å². The Hall–Kier alpha value is -4.17. The first kappa shape index (κ1) is 20.4. The van der Waals surface area contributed by atoms with E-state index in [4.69, 9.17) is 10.5 Å². The summed E-state index contributed by atoms with van der Waals surface area (Å²) in [6.45, 7) is 2.27. The molecule has 3 aromatic carbocycles. The number of nitrogens with zero attached hydrogens (tertiary/aromatic N) is 3. The zero-order valence-electron chi connectivity index (χ0n) is 18.7. The Morgan fingerprint density at radius 3 is 2.62 bits per heavy atom. The summed E-state index contributed by atoms with van der Waals surface area (Å²) in [4.78, 5) is 30.5. The predicted octanol–water partition coefficient (Wildman–Crippen LogP) is 3.45. The molecule has 170 valence electrons. The van der Waals surface area contributed by atoms with E-state index in [1.54, 1.807) is 9.58 Å². The highest BCUT2D eigenvalue weighted by Crippen LogP contribution is 2.34. The van der Waals surface area contributed by atoms with E-state index < -0.39 is 5.91 Å². The second-order valence-corrected chi connectivity index (χ2v) is 8.68. The largest absolute Gasteiger partial charge is 0.378 e. The zero-order chi connectivity index (χ0) is 23.4. The van der Waals surface area contributed by atoms with Crippen molar-refractivity contribution in [1.29, 1.82) is 0 Å². The van der Waals surface area contributed by atoms with E-state index in [9.17, 15) is 9.59 Å². The molecule has 0 saturated carbocycles. The maximum Gasteiger partial charge on any atom is 0.254 e. The van der Waals surface area contributed by atoms with Gasteiger partial charge >= 0.3 is 0 Å². The van der Waals surface area contributed by atoms with Crippen molar-refractivity contribution >= 4 is 44.5 Å². The molecule has 3 N–H and O–H groups in total. The highest BCUT2D eigenvalue weighted by Gasteiger charge is 2.20. The van der Waals surface area contributed by atoms with Crippen molar-refractivity contribution in [2.24, 2.45) is 12.8 Å². The quantitative estimate of drug-likeness (QED) is 0.436. The van der Waals surface area contributed by atoms with Crippen LogP contribution in [0.25, 0.3) is 43.8 Å². The normalized spacial score (nSPS) is 14.3. The number of aromatic nitrogens is 3. The molecular formula is C26H23N5O3. The lowest BCUT2D eigenvalue weighted by molar-refractivity contribution is 0.0303. The van der Waals surface area contributed by atoms with Gasteiger partial charge in [-0.1, -0.05) is 18.2 Å². The Balaban J connectivity index is 1.49. The van der Waals surface area contributed by atoms with Gasteiger partial charge in [-0.25, -0.2) is 0 Å². The number of hydrogen-bond acceptors (Lipinski definition) is 4. The van der Waals surface area contributed by atoms with E-state index >= 15 is 0 Å². The van der Waals surface area contributed by atoms with Gasteiger partial charge in [0.2, 0.25) is 0 Å². The average Bonchev–Trinajstić information content (AvgIpc) is 3.41. The second kappa shape index (κ2) is 7.71. The molecule has 0 radical (unpaired) electrons. The molecule has 0 atom stereocenters. The molecule has 0 aliphatic carbocycles. The van der Waals surface area contributed by atoms with Crippen molar-refractivity contribution in [2.75, 3.05) is 26.3 Å². The minimum atomic E-state index is -0.512. The number of primary amides is 1. The first-order valence-electron chi connectivity index (χ1n) is 11.2. The van der Waals surface area contributed by atoms with E-state index in [0.717, 1.165) is 38.3 Å². The number of hydrogen-bond donors (Lipinski definition) is 2. The lowest BCUT2D eigenvalue weighted by atomic mass is 9.98. The number of nitrogens with two attached hydrogens (primary N) is 1. The number of nitrogens with one attached hydrogen (secondary N) is 1. The third-order valence-electron chi connectivity index (χ3n) is 6.47. The topological polar surface area (TPSA) is 106 Å². The van der Waals surface area contributed by atoms with E-state index in [-0.39, 0.29) is 5.91 Å². The molecule has 0 bridgehead atoms. The van der Waals surface area contributed by atoms with Gasteiger partial charge in [0.25, 0.3) is 11.8 Å². The summed E-state index contributed by atoms with van der Waals surface area (Å²) in [7, 11) is 1.89. The molecule has 5 aromatic rings. The summed E-state index contributed by atoms with van der Waals surface area (Å²) < 4.78 is 7.13. The van der Waals surface area contributed by atoms with Crippen LogP contribution in [0.15, 0.2) is 54.7 Å². The van der Waals surface area contributed by atoms with Crippen LogP contribution < -0.4 is 5.73 Å². The van der Waals surface area contributed by atoms with Crippen LogP contribution in [0.3, 0.4) is 0 Å². The van der Waals surface area contributed by atoms with Crippen molar-refractivity contribution in [3.05, 3.63) is 65.9 Å². The molecule has 8 nitrogen and oxygen atoms in total. The van der Waals surface area contributed by atoms with Gasteiger partial charge in [-0.2, -0.15) is 5.10 Å². The number of morpholine rings is 1. The summed E-state index contributed by atoms with van der Waals surface area (Å²) >= 11 is 0. The number of carbonyl (C=O) groups excluding carboxylic acids is 2. The summed E-state index contributed by atoms with van der Waals surface area (Å²) in [5.41, 5.74) is 10.9. The van der Waals surface area contributed by atoms with Crippen LogP contribution in [0.5, 0.6) is 0 Å². The molecule has 0 unspecified atom stereocenters. The SMILES string of the molecule is Cn1cc2ccc(-c3cc(C(N)=O)c4[nH]c5cc(C(=O)N6CCOCC6)ccc5c4c3)cc2n1. The first-order chi connectivity index (χ1) is 16.5. The molecule has 2 aromatic heterocycles. The van der Waals surface area contributed by atoms with Gasteiger partial charge in [-0.05, 0) is 41.5 Å². The number of H-pyrrole nitrogens is 1. The molecule has 0 spiro atoms. The first-order valence-corrected chi connectivity index (χ1v) is 11.2. The minimum absolute atomic E-state index is 0.0247. The third-order valence-corrected chi connectivity index (χ3v) is 6.47. The molecule has 1 saturated heterocycles. The summed E-state index contributed by atoms with van der Waals surface area (Å²) in [6.07, 6.45) is 1.96. The van der Waals surface area contributed by atoms with Crippen LogP contribution >= 0.6 is 0 Å². The van der Waals surface area contributed by atoms with Gasteiger partial charge in [0.1, 0.15) is 0 Å². The molecule has 8 heteroatoms. The van der Waals surface area contributed by atoms with Gasteiger partial charge < -0.3 is 20.4 Å². The van der Waals surface area contributed by atoms with Gasteiger partial charge in [-0.15, -0.1) is 0 Å². The van der Waals surface area contributed by atoms with Crippen molar-refractivity contribution in [2.45, 2.75) is 0 Å². The molecule has 1 aliphatic rings. The van der Waals surface area contributed by atoms with Crippen molar-refractivity contribution in [3.8, 4) is 11.1 Å². The number of aromatic amines is 1. The zero-order valence-corrected chi connectivity index (χ0v) is 18.7. The number of amides is 2. The van der Waals surface area contributed by atoms with Crippen LogP contribution in [-0.4, -0.2) is 57.8 Å². The standard InChI is InChI=1S/C26H23N5O3/c1-30-14-17-3-2-15(12-22(17)29-30)18-10-20-19-5-4-16(26(33)31-6-8-34-9-7-31)13-23(19)28-24(20)21(11-18)25(27)32/h2-5,10-14,28H,6-9H2,1H3,(H2,27,32). The molecule has 2 amide bonds. The molecule has 1 aliphatic heterocycles. The number of fused-ring (bicyclic) bond motifs is 4. The maximum atomic E-state index is 13.0. The highest BCUT2D eigenvalue weighted by atomic mass is 16.5. The molecular weight excluding hydrogens is 430 g/mol. The lowest BCUT2D eigenvalue weighted by Crippen LogP contribution is -2.40. The molecule has 34 heavy (non-hydrogen) atoms. The van der Waals surface area contributed by atoms with Gasteiger partial charge in [0.05, 0.1) is 29.8 Å². The Morgan fingerprint density at radius 1 is 1.00 bits per heavy atom. The second-order valence-electron chi connectivity index (χ2n) is 8.68. The van der Waals surface area contributed by atoms with Crippen molar-refractivity contribution in [3.63, 3.8) is 0 Å². The van der Waals surface area contributed by atoms with Crippen molar-refractivity contribution in [1.82, 2.24) is 19.7 Å². The molecule has 1 fully saturated rings. The monoisotopic (exact) mass is 453 g/mol. The van der Waals surface area contributed by atoms with E-state index in [2.05, 4.69) is 10.1 Å². The maximum absolute atomic E-state index is 13.0. The van der Waals surface area contributed by atoms with Gasteiger partial charge in [0.15, 0.2) is 0 Å². The fourth-order valence-corrected chi connectivity index (χ4v) is 4.77. The fraction of sp³-hybridized carbons (Fsp3) is 0.192. The van der Waals surface area contributed by atoms with Crippen molar-refractivity contribution < 1.29 is 14.3 Å². The summed E-state index contributed by atoms with van der Waals surface area (Å²) in [5.74, 6) is -0.537. The fourth-order valence-electron chi connectivity index (χ4n) is 4.77. The number of ether oxygens (including phenoxy) is 1. The number of aryl methyl sites for hydroxylation is 1. The predicted molar refractivity (Wildman–Crippen MR) is 131 cm³/mol. The average molecular weight is 454 g/mol. The Bertz CT molecular complexity index is 1610. The van der Waals surface area contributed by atoms with Gasteiger partial charge in [0, 0.05) is 53.6 Å². The van der Waals surface area contributed by atoms with Gasteiger partial charge in [-0.3, -0.25) is 14.3 Å². The van der Waals surface area contributed by atoms with Crippen LogP contribution in [0.1, 0.15) is 20.7 Å². The summed E-state index contributed by atoms with van der Waals surface area (Å²) in [6, 6.07) is 15.5. The third kappa shape index (κ3) is 3.31. The number of rotatable bonds is 3. The Labute approximate surface area is 194 Å². The minimum Gasteiger partial charge on any atom is -0.378 e. The number of carbonyl (C=O) groups is 2. The molecule has 3 heterocycles.